The molecule has 1 aromatic rings. The molecule has 22 heavy (non-hydrogen) atoms. The number of benzene rings is 1. The maximum atomic E-state index is 13.3. The first kappa shape index (κ1) is 16.8. The molecule has 1 aliphatic heterocycles. The van der Waals surface area contributed by atoms with Gasteiger partial charge < -0.3 is 10.1 Å². The molecule has 0 aromatic heterocycles. The monoisotopic (exact) mass is 334 g/mol. The molecule has 0 radical (unpaired) electrons. The minimum absolute atomic E-state index is 0.0207. The Morgan fingerprint density at radius 3 is 2.64 bits per heavy atom. The maximum absolute atomic E-state index is 13.3. The second kappa shape index (κ2) is 5.90. The zero-order chi connectivity index (χ0) is 16.5. The molecule has 6 nitrogen and oxygen atoms in total. The summed E-state index contributed by atoms with van der Waals surface area (Å²) in [5, 5.41) is 2.41. The van der Waals surface area contributed by atoms with E-state index in [1.165, 1.54) is 14.0 Å². The molecule has 9 heteroatoms. The van der Waals surface area contributed by atoms with Crippen molar-refractivity contribution >= 4 is 15.9 Å². The lowest BCUT2D eigenvalue weighted by molar-refractivity contribution is -0.151. The van der Waals surface area contributed by atoms with E-state index < -0.39 is 33.2 Å². The molecule has 0 spiro atoms. The summed E-state index contributed by atoms with van der Waals surface area (Å²) in [5.74, 6) is -2.84. The number of rotatable bonds is 3. The van der Waals surface area contributed by atoms with Gasteiger partial charge in [-0.1, -0.05) is 0 Å². The summed E-state index contributed by atoms with van der Waals surface area (Å²) in [4.78, 5) is 11.5. The van der Waals surface area contributed by atoms with Crippen molar-refractivity contribution in [3.8, 4) is 0 Å². The third kappa shape index (κ3) is 2.96. The van der Waals surface area contributed by atoms with Crippen molar-refractivity contribution < 1.29 is 26.7 Å². The van der Waals surface area contributed by atoms with Crippen LogP contribution in [0.4, 0.5) is 8.78 Å². The number of nitrogens with zero attached hydrogens (tertiary/aromatic N) is 1. The molecule has 0 unspecified atom stereocenters. The SMILES string of the molecule is CNC(=O)[C@@]1(C)CN(S(=O)(=O)c2ccc(F)c(F)c2)CCO1. The third-order valence-corrected chi connectivity index (χ3v) is 5.32. The highest BCUT2D eigenvalue weighted by Gasteiger charge is 2.42. The summed E-state index contributed by atoms with van der Waals surface area (Å²) in [7, 11) is -2.63. The largest absolute Gasteiger partial charge is 0.363 e. The Morgan fingerprint density at radius 2 is 2.05 bits per heavy atom. The smallest absolute Gasteiger partial charge is 0.253 e. The van der Waals surface area contributed by atoms with Gasteiger partial charge in [-0.25, -0.2) is 17.2 Å². The molecule has 2 rings (SSSR count). The molecule has 0 bridgehead atoms. The highest BCUT2D eigenvalue weighted by atomic mass is 32.2. The van der Waals surface area contributed by atoms with E-state index in [4.69, 9.17) is 4.74 Å². The molecule has 122 valence electrons. The number of carbonyl (C=O) groups is 1. The number of sulfonamides is 1. The van der Waals surface area contributed by atoms with Crippen LogP contribution < -0.4 is 5.32 Å². The highest BCUT2D eigenvalue weighted by Crippen LogP contribution is 2.25. The summed E-state index contributed by atoms with van der Waals surface area (Å²) >= 11 is 0. The van der Waals surface area contributed by atoms with E-state index in [9.17, 15) is 22.0 Å². The van der Waals surface area contributed by atoms with Crippen molar-refractivity contribution in [1.29, 1.82) is 0 Å². The first-order valence-electron chi connectivity index (χ1n) is 6.52. The van der Waals surface area contributed by atoms with Crippen molar-refractivity contribution in [3.63, 3.8) is 0 Å². The van der Waals surface area contributed by atoms with E-state index in [0.29, 0.717) is 6.07 Å². The van der Waals surface area contributed by atoms with Crippen molar-refractivity contribution in [2.75, 3.05) is 26.7 Å². The number of hydrogen-bond donors (Lipinski definition) is 1. The van der Waals surface area contributed by atoms with Crippen LogP contribution in [0.5, 0.6) is 0 Å². The molecule has 0 aliphatic carbocycles. The number of likely N-dealkylation sites (N-methyl/N-ethyl adjacent to an activating group) is 1. The van der Waals surface area contributed by atoms with E-state index in [-0.39, 0.29) is 24.6 Å². The summed E-state index contributed by atoms with van der Waals surface area (Å²) in [6.45, 7) is 1.30. The molecular formula is C13H16F2N2O4S. The number of amides is 1. The topological polar surface area (TPSA) is 75.7 Å². The second-order valence-corrected chi connectivity index (χ2v) is 7.01. The van der Waals surface area contributed by atoms with Gasteiger partial charge in [-0.15, -0.1) is 0 Å². The number of hydrogen-bond acceptors (Lipinski definition) is 4. The van der Waals surface area contributed by atoms with Crippen LogP contribution in [0.1, 0.15) is 6.92 Å². The lowest BCUT2D eigenvalue weighted by atomic mass is 10.0. The quantitative estimate of drug-likeness (QED) is 0.873. The minimum Gasteiger partial charge on any atom is -0.363 e. The first-order chi connectivity index (χ1) is 10.2. The molecule has 1 saturated heterocycles. The number of morpholine rings is 1. The lowest BCUT2D eigenvalue weighted by Gasteiger charge is -2.38. The van der Waals surface area contributed by atoms with Crippen molar-refractivity contribution in [1.82, 2.24) is 9.62 Å². The van der Waals surface area contributed by atoms with Crippen molar-refractivity contribution in [2.24, 2.45) is 0 Å². The zero-order valence-electron chi connectivity index (χ0n) is 12.1. The predicted octanol–water partition coefficient (Wildman–Crippen LogP) is 0.490. The predicted molar refractivity (Wildman–Crippen MR) is 73.5 cm³/mol. The molecule has 1 heterocycles. The van der Waals surface area contributed by atoms with E-state index in [1.54, 1.807) is 0 Å². The molecule has 1 atom stereocenters. The van der Waals surface area contributed by atoms with E-state index in [2.05, 4.69) is 5.32 Å². The van der Waals surface area contributed by atoms with Gasteiger partial charge in [0, 0.05) is 13.6 Å². The number of nitrogens with one attached hydrogen (secondary N) is 1. The molecule has 1 fully saturated rings. The van der Waals surface area contributed by atoms with Gasteiger partial charge in [-0.05, 0) is 25.1 Å². The molecule has 1 amide bonds. The molecule has 1 aliphatic rings. The van der Waals surface area contributed by atoms with Gasteiger partial charge >= 0.3 is 0 Å². The number of halogens is 2. The Kier molecular flexibility index (Phi) is 4.50. The van der Waals surface area contributed by atoms with Gasteiger partial charge in [-0.2, -0.15) is 4.31 Å². The van der Waals surface area contributed by atoms with Crippen LogP contribution in [0, 0.1) is 11.6 Å². The zero-order valence-corrected chi connectivity index (χ0v) is 12.9. The van der Waals surface area contributed by atoms with Gasteiger partial charge in [0.25, 0.3) is 5.91 Å². The van der Waals surface area contributed by atoms with Crippen molar-refractivity contribution in [3.05, 3.63) is 29.8 Å². The fourth-order valence-electron chi connectivity index (χ4n) is 2.23. The van der Waals surface area contributed by atoms with Crippen LogP contribution >= 0.6 is 0 Å². The standard InChI is InChI=1S/C13H16F2N2O4S/c1-13(12(18)16-2)8-17(5-6-21-13)22(19,20)9-3-4-10(14)11(15)7-9/h3-4,7H,5-6,8H2,1-2H3,(H,16,18)/t13-/m1/s1. The van der Waals surface area contributed by atoms with E-state index >= 15 is 0 Å². The van der Waals surface area contributed by atoms with Crippen LogP contribution in [-0.4, -0.2) is 51.0 Å². The molecular weight excluding hydrogens is 318 g/mol. The summed E-state index contributed by atoms with van der Waals surface area (Å²) in [5.41, 5.74) is -1.33. The fourth-order valence-corrected chi connectivity index (χ4v) is 3.75. The first-order valence-corrected chi connectivity index (χ1v) is 7.96. The van der Waals surface area contributed by atoms with Crippen LogP contribution in [0.3, 0.4) is 0 Å². The Morgan fingerprint density at radius 1 is 1.36 bits per heavy atom. The second-order valence-electron chi connectivity index (χ2n) is 5.07. The Bertz CT molecular complexity index is 695. The average molecular weight is 334 g/mol. The summed E-state index contributed by atoms with van der Waals surface area (Å²) in [6, 6.07) is 2.36. The van der Waals surface area contributed by atoms with Gasteiger partial charge in [0.15, 0.2) is 17.2 Å². The fraction of sp³-hybridized carbons (Fsp3) is 0.462. The van der Waals surface area contributed by atoms with Crippen LogP contribution in [0.25, 0.3) is 0 Å². The Labute approximate surface area is 127 Å². The van der Waals surface area contributed by atoms with E-state index in [0.717, 1.165) is 16.4 Å². The molecule has 0 saturated carbocycles. The van der Waals surface area contributed by atoms with Crippen LogP contribution in [0.2, 0.25) is 0 Å². The maximum Gasteiger partial charge on any atom is 0.253 e. The Hall–Kier alpha value is -1.58. The van der Waals surface area contributed by atoms with Gasteiger partial charge in [0.2, 0.25) is 10.0 Å². The highest BCUT2D eigenvalue weighted by molar-refractivity contribution is 7.89. The number of ether oxygens (including phenoxy) is 1. The summed E-state index contributed by atoms with van der Waals surface area (Å²) < 4.78 is 57.6. The normalized spacial score (nSPS) is 23.3. The van der Waals surface area contributed by atoms with E-state index in [1.807, 2.05) is 0 Å². The number of carbonyl (C=O) groups excluding carboxylic acids is 1. The van der Waals surface area contributed by atoms with Crippen LogP contribution in [-0.2, 0) is 19.6 Å². The van der Waals surface area contributed by atoms with Gasteiger partial charge in [-0.3, -0.25) is 4.79 Å². The minimum atomic E-state index is -4.05. The third-order valence-electron chi connectivity index (χ3n) is 3.48. The van der Waals surface area contributed by atoms with Gasteiger partial charge in [0.1, 0.15) is 0 Å². The van der Waals surface area contributed by atoms with Gasteiger partial charge in [0.05, 0.1) is 18.0 Å². The van der Waals surface area contributed by atoms with Crippen LogP contribution in [0.15, 0.2) is 23.1 Å². The molecule has 1 aromatic carbocycles. The Balaban J connectivity index is 2.33. The lowest BCUT2D eigenvalue weighted by Crippen LogP contribution is -2.58. The van der Waals surface area contributed by atoms with Crippen molar-refractivity contribution in [2.45, 2.75) is 17.4 Å². The average Bonchev–Trinajstić information content (AvgIpc) is 2.49. The molecule has 1 N–H and O–H groups in total. The summed E-state index contributed by atoms with van der Waals surface area (Å²) in [6.07, 6.45) is 0.